The van der Waals surface area contributed by atoms with Crippen LogP contribution in [0.5, 0.6) is 5.75 Å². The van der Waals surface area contributed by atoms with Crippen LogP contribution in [0.25, 0.3) is 0 Å². The Labute approximate surface area is 191 Å². The van der Waals surface area contributed by atoms with Crippen molar-refractivity contribution in [3.63, 3.8) is 0 Å². The molecular formula is C23H25N5O3S. The van der Waals surface area contributed by atoms with Gasteiger partial charge in [0.2, 0.25) is 5.91 Å². The van der Waals surface area contributed by atoms with Gasteiger partial charge in [-0.25, -0.2) is 0 Å². The summed E-state index contributed by atoms with van der Waals surface area (Å²) in [6.07, 6.45) is 1.77. The minimum absolute atomic E-state index is 0.0524. The van der Waals surface area contributed by atoms with Crippen molar-refractivity contribution in [1.82, 2.24) is 15.3 Å². The number of benzene rings is 1. The number of hydrogen-bond acceptors (Lipinski definition) is 5. The van der Waals surface area contributed by atoms with Gasteiger partial charge in [-0.3, -0.25) is 9.78 Å². The molecule has 3 N–H and O–H groups in total. The van der Waals surface area contributed by atoms with E-state index in [0.29, 0.717) is 16.5 Å². The topological polar surface area (TPSA) is 91.5 Å². The van der Waals surface area contributed by atoms with E-state index in [1.807, 2.05) is 54.3 Å². The predicted octanol–water partition coefficient (Wildman–Crippen LogP) is 3.49. The van der Waals surface area contributed by atoms with Crippen LogP contribution in [-0.4, -0.2) is 41.8 Å². The van der Waals surface area contributed by atoms with Crippen molar-refractivity contribution in [3.05, 3.63) is 71.8 Å². The zero-order chi connectivity index (χ0) is 22.7. The number of amides is 1. The lowest BCUT2D eigenvalue weighted by Gasteiger charge is -2.27. The number of rotatable bonds is 7. The molecule has 32 heavy (non-hydrogen) atoms. The first-order valence-corrected chi connectivity index (χ1v) is 10.6. The number of aryl methyl sites for hydroxylation is 1. The van der Waals surface area contributed by atoms with Crippen LogP contribution in [0.1, 0.15) is 29.2 Å². The Hall–Kier alpha value is -3.43. The van der Waals surface area contributed by atoms with Gasteiger partial charge < -0.3 is 30.0 Å². The van der Waals surface area contributed by atoms with E-state index in [2.05, 4.69) is 26.7 Å². The fourth-order valence-electron chi connectivity index (χ4n) is 3.91. The lowest BCUT2D eigenvalue weighted by atomic mass is 10.0. The molecule has 166 valence electrons. The molecule has 1 aliphatic rings. The first-order valence-electron chi connectivity index (χ1n) is 10.1. The van der Waals surface area contributed by atoms with Gasteiger partial charge in [-0.05, 0) is 61.6 Å². The van der Waals surface area contributed by atoms with Crippen molar-refractivity contribution in [3.8, 4) is 5.75 Å². The van der Waals surface area contributed by atoms with Gasteiger partial charge in [0.25, 0.3) is 0 Å². The average Bonchev–Trinajstić information content (AvgIpc) is 3.37. The van der Waals surface area contributed by atoms with E-state index >= 15 is 0 Å². The number of hydrogen-bond donors (Lipinski definition) is 3. The largest absolute Gasteiger partial charge is 0.495 e. The van der Waals surface area contributed by atoms with Gasteiger partial charge in [-0.1, -0.05) is 6.07 Å². The molecule has 3 aromatic rings. The maximum absolute atomic E-state index is 12.1. The molecule has 1 saturated heterocycles. The lowest BCUT2D eigenvalue weighted by Crippen LogP contribution is -2.29. The molecule has 0 bridgehead atoms. The van der Waals surface area contributed by atoms with Gasteiger partial charge >= 0.3 is 0 Å². The van der Waals surface area contributed by atoms with Crippen LogP contribution in [-0.2, 0) is 9.53 Å². The third-order valence-corrected chi connectivity index (χ3v) is 5.60. The highest BCUT2D eigenvalue weighted by atomic mass is 32.1. The van der Waals surface area contributed by atoms with Gasteiger partial charge in [0, 0.05) is 30.4 Å². The molecule has 1 aliphatic heterocycles. The van der Waals surface area contributed by atoms with Crippen molar-refractivity contribution in [1.29, 1.82) is 0 Å². The molecule has 1 fully saturated rings. The summed E-state index contributed by atoms with van der Waals surface area (Å²) in [6.45, 7) is 1.96. The summed E-state index contributed by atoms with van der Waals surface area (Å²) in [6, 6.07) is 15.2. The number of carbonyl (C=O) groups excluding carboxylic acids is 1. The minimum Gasteiger partial charge on any atom is -0.495 e. The third kappa shape index (κ3) is 4.30. The maximum Gasteiger partial charge on any atom is 0.250 e. The summed E-state index contributed by atoms with van der Waals surface area (Å²) < 4.78 is 10.4. The van der Waals surface area contributed by atoms with Crippen LogP contribution in [0.15, 0.2) is 54.7 Å². The SMILES string of the molecule is COCC(=O)Nc1cc(N2C(=S)N[C@H](c3ccccn3)[C@H]2c2ccc(C)[nH]2)ccc1OC. The summed E-state index contributed by atoms with van der Waals surface area (Å²) in [5, 5.41) is 6.83. The number of thiocarbonyl (C=S) groups is 1. The second-order valence-electron chi connectivity index (χ2n) is 7.46. The Morgan fingerprint density at radius 3 is 2.72 bits per heavy atom. The number of nitrogens with one attached hydrogen (secondary N) is 3. The minimum atomic E-state index is -0.270. The Bertz CT molecular complexity index is 1120. The molecule has 0 saturated carbocycles. The van der Waals surface area contributed by atoms with Crippen LogP contribution < -0.4 is 20.3 Å². The number of anilines is 2. The molecule has 0 aliphatic carbocycles. The molecule has 8 nitrogen and oxygen atoms in total. The van der Waals surface area contributed by atoms with Gasteiger partial charge in [-0.15, -0.1) is 0 Å². The second kappa shape index (κ2) is 9.37. The van der Waals surface area contributed by atoms with Crippen molar-refractivity contribution in [2.45, 2.75) is 19.0 Å². The van der Waals surface area contributed by atoms with E-state index in [-0.39, 0.29) is 24.6 Å². The third-order valence-electron chi connectivity index (χ3n) is 5.28. The quantitative estimate of drug-likeness (QED) is 0.474. The molecule has 3 heterocycles. The molecular weight excluding hydrogens is 426 g/mol. The van der Waals surface area contributed by atoms with Gasteiger partial charge in [-0.2, -0.15) is 0 Å². The van der Waals surface area contributed by atoms with Crippen molar-refractivity contribution < 1.29 is 14.3 Å². The monoisotopic (exact) mass is 451 g/mol. The van der Waals surface area contributed by atoms with E-state index in [9.17, 15) is 4.79 Å². The fraction of sp³-hybridized carbons (Fsp3) is 0.261. The zero-order valence-corrected chi connectivity index (χ0v) is 18.9. The molecule has 2 aromatic heterocycles. The number of aromatic amines is 1. The average molecular weight is 452 g/mol. The number of pyridine rings is 1. The molecule has 9 heteroatoms. The summed E-state index contributed by atoms with van der Waals surface area (Å²) in [7, 11) is 3.03. The van der Waals surface area contributed by atoms with Crippen LogP contribution in [0.2, 0.25) is 0 Å². The van der Waals surface area contributed by atoms with E-state index in [4.69, 9.17) is 21.7 Å². The van der Waals surface area contributed by atoms with Crippen LogP contribution in [0.4, 0.5) is 11.4 Å². The number of carbonyl (C=O) groups is 1. The van der Waals surface area contributed by atoms with Gasteiger partial charge in [0.1, 0.15) is 18.4 Å². The highest BCUT2D eigenvalue weighted by molar-refractivity contribution is 7.80. The number of methoxy groups -OCH3 is 2. The summed E-state index contributed by atoms with van der Waals surface area (Å²) >= 11 is 5.75. The highest BCUT2D eigenvalue weighted by Gasteiger charge is 2.41. The number of ether oxygens (including phenoxy) is 2. The van der Waals surface area contributed by atoms with E-state index in [0.717, 1.165) is 22.8 Å². The summed E-state index contributed by atoms with van der Waals surface area (Å²) in [5.41, 5.74) is 4.30. The Morgan fingerprint density at radius 2 is 2.06 bits per heavy atom. The fourth-order valence-corrected chi connectivity index (χ4v) is 4.25. The summed E-state index contributed by atoms with van der Waals surface area (Å²) in [4.78, 5) is 22.2. The van der Waals surface area contributed by atoms with E-state index < -0.39 is 0 Å². The predicted molar refractivity (Wildman–Crippen MR) is 127 cm³/mol. The Morgan fingerprint density at radius 1 is 1.22 bits per heavy atom. The zero-order valence-electron chi connectivity index (χ0n) is 18.1. The normalized spacial score (nSPS) is 17.8. The van der Waals surface area contributed by atoms with Gasteiger partial charge in [0.05, 0.1) is 24.5 Å². The van der Waals surface area contributed by atoms with Crippen LogP contribution in [0.3, 0.4) is 0 Å². The van der Waals surface area contributed by atoms with E-state index in [1.165, 1.54) is 7.11 Å². The first kappa shape index (κ1) is 21.8. The number of nitrogens with zero attached hydrogens (tertiary/aromatic N) is 2. The summed E-state index contributed by atoms with van der Waals surface area (Å²) in [5.74, 6) is 0.276. The maximum atomic E-state index is 12.1. The standard InChI is InChI=1S/C23H25N5O3S/c1-14-7-9-17(25-14)22-21(16-6-4-5-11-24-16)27-23(32)28(22)15-8-10-19(31-3)18(12-15)26-20(29)13-30-2/h4-12,21-22,25H,13H2,1-3H3,(H,26,29)(H,27,32)/t21-,22-/m1/s1. The lowest BCUT2D eigenvalue weighted by molar-refractivity contribution is -0.119. The molecule has 0 unspecified atom stereocenters. The van der Waals surface area contributed by atoms with Crippen molar-refractivity contribution in [2.75, 3.05) is 31.0 Å². The van der Waals surface area contributed by atoms with Crippen LogP contribution >= 0.6 is 12.2 Å². The van der Waals surface area contributed by atoms with Gasteiger partial charge in [0.15, 0.2) is 5.11 Å². The molecule has 0 spiro atoms. The Balaban J connectivity index is 1.77. The molecule has 2 atom stereocenters. The number of H-pyrrole nitrogens is 1. The van der Waals surface area contributed by atoms with Crippen LogP contribution in [0, 0.1) is 6.92 Å². The van der Waals surface area contributed by atoms with Crippen molar-refractivity contribution in [2.24, 2.45) is 0 Å². The second-order valence-corrected chi connectivity index (χ2v) is 7.85. The molecule has 1 aromatic carbocycles. The number of aromatic nitrogens is 2. The molecule has 4 rings (SSSR count). The molecule has 1 amide bonds. The molecule has 0 radical (unpaired) electrons. The first-order chi connectivity index (χ1) is 15.5. The van der Waals surface area contributed by atoms with Crippen molar-refractivity contribution >= 4 is 34.6 Å². The highest BCUT2D eigenvalue weighted by Crippen LogP contribution is 2.42. The smallest absolute Gasteiger partial charge is 0.250 e. The van der Waals surface area contributed by atoms with E-state index in [1.54, 1.807) is 13.3 Å². The Kier molecular flexibility index (Phi) is 6.38.